The van der Waals surface area contributed by atoms with Crippen molar-refractivity contribution in [3.63, 3.8) is 0 Å². The molecule has 1 saturated carbocycles. The summed E-state index contributed by atoms with van der Waals surface area (Å²) < 4.78 is 2.02. The summed E-state index contributed by atoms with van der Waals surface area (Å²) in [5, 5.41) is 11.8. The molecule has 128 valence electrons. The summed E-state index contributed by atoms with van der Waals surface area (Å²) in [6, 6.07) is 4.45. The van der Waals surface area contributed by atoms with Crippen LogP contribution in [0.2, 0.25) is 0 Å². The molecule has 1 amide bonds. The number of thiophene rings is 1. The number of carbonyl (C=O) groups is 1. The van der Waals surface area contributed by atoms with Crippen LogP contribution < -0.4 is 5.32 Å². The van der Waals surface area contributed by atoms with Crippen molar-refractivity contribution in [3.8, 4) is 0 Å². The van der Waals surface area contributed by atoms with Gasteiger partial charge in [-0.25, -0.2) is 4.68 Å². The molecule has 2 aliphatic rings. The molecule has 0 radical (unpaired) electrons. The van der Waals surface area contributed by atoms with Gasteiger partial charge in [0, 0.05) is 25.1 Å². The molecule has 0 aromatic carbocycles. The van der Waals surface area contributed by atoms with E-state index in [-0.39, 0.29) is 11.8 Å². The van der Waals surface area contributed by atoms with Crippen LogP contribution in [0.5, 0.6) is 0 Å². The van der Waals surface area contributed by atoms with Crippen LogP contribution in [-0.4, -0.2) is 40.2 Å². The summed E-state index contributed by atoms with van der Waals surface area (Å²) in [5.41, 5.74) is 1.31. The Morgan fingerprint density at radius 3 is 2.92 bits per heavy atom. The monoisotopic (exact) mass is 344 g/mol. The van der Waals surface area contributed by atoms with Crippen molar-refractivity contribution in [1.82, 2.24) is 14.7 Å². The molecule has 1 aliphatic carbocycles. The molecule has 5 nitrogen and oxygen atoms in total. The van der Waals surface area contributed by atoms with E-state index in [9.17, 15) is 4.79 Å². The third-order valence-corrected chi connectivity index (χ3v) is 6.07. The molecular formula is C18H24N4OS. The lowest BCUT2D eigenvalue weighted by Gasteiger charge is -2.31. The molecule has 0 unspecified atom stereocenters. The fourth-order valence-corrected chi connectivity index (χ4v) is 4.47. The summed E-state index contributed by atoms with van der Waals surface area (Å²) in [4.78, 5) is 15.0. The van der Waals surface area contributed by atoms with Crippen LogP contribution in [0.1, 0.15) is 43.7 Å². The second-order valence-electron chi connectivity index (χ2n) is 6.82. The molecule has 1 N–H and O–H groups in total. The number of aromatic nitrogens is 2. The fourth-order valence-electron chi connectivity index (χ4n) is 3.74. The van der Waals surface area contributed by atoms with E-state index < -0.39 is 0 Å². The molecule has 4 rings (SSSR count). The Balaban J connectivity index is 1.38. The minimum absolute atomic E-state index is 0.116. The summed E-state index contributed by atoms with van der Waals surface area (Å²) >= 11 is 1.70. The number of hydrogen-bond donors (Lipinski definition) is 1. The summed E-state index contributed by atoms with van der Waals surface area (Å²) in [7, 11) is 0. The van der Waals surface area contributed by atoms with Crippen LogP contribution in [0.3, 0.4) is 0 Å². The number of nitrogens with one attached hydrogen (secondary N) is 1. The maximum absolute atomic E-state index is 12.6. The smallest absolute Gasteiger partial charge is 0.229 e. The van der Waals surface area contributed by atoms with Crippen LogP contribution in [0.25, 0.3) is 0 Å². The lowest BCUT2D eigenvalue weighted by Crippen LogP contribution is -2.35. The highest BCUT2D eigenvalue weighted by atomic mass is 32.1. The van der Waals surface area contributed by atoms with E-state index in [1.54, 1.807) is 17.5 Å². The SMILES string of the molecule is CCN1CCC(n2nccc2NC(=O)[C@@H]2C[C@H]2c2ccsc2)CC1. The van der Waals surface area contributed by atoms with Crippen molar-refractivity contribution >= 4 is 23.1 Å². The average molecular weight is 344 g/mol. The van der Waals surface area contributed by atoms with Crippen LogP contribution in [0.4, 0.5) is 5.82 Å². The van der Waals surface area contributed by atoms with Gasteiger partial charge in [-0.05, 0) is 54.1 Å². The Morgan fingerprint density at radius 2 is 2.21 bits per heavy atom. The molecule has 0 bridgehead atoms. The van der Waals surface area contributed by atoms with Gasteiger partial charge in [-0.15, -0.1) is 0 Å². The van der Waals surface area contributed by atoms with Crippen LogP contribution >= 0.6 is 11.3 Å². The Hall–Kier alpha value is -1.66. The van der Waals surface area contributed by atoms with Gasteiger partial charge in [0.25, 0.3) is 0 Å². The number of carbonyl (C=O) groups excluding carboxylic acids is 1. The highest BCUT2D eigenvalue weighted by molar-refractivity contribution is 7.08. The Kier molecular flexibility index (Phi) is 4.41. The number of rotatable bonds is 5. The van der Waals surface area contributed by atoms with E-state index in [1.807, 2.05) is 10.7 Å². The van der Waals surface area contributed by atoms with Gasteiger partial charge in [0.15, 0.2) is 0 Å². The molecule has 2 atom stereocenters. The van der Waals surface area contributed by atoms with Crippen LogP contribution in [0, 0.1) is 5.92 Å². The zero-order valence-electron chi connectivity index (χ0n) is 14.0. The van der Waals surface area contributed by atoms with Gasteiger partial charge in [-0.2, -0.15) is 16.4 Å². The standard InChI is InChI=1S/C18H24N4OS/c1-2-21-8-4-14(5-9-21)22-17(3-7-19-22)20-18(23)16-11-15(16)13-6-10-24-12-13/h3,6-7,10,12,14-16H,2,4-5,8-9,11H2,1H3,(H,20,23)/t15-,16+/m0/s1. The highest BCUT2D eigenvalue weighted by Crippen LogP contribution is 2.48. The van der Waals surface area contributed by atoms with Crippen LogP contribution in [-0.2, 0) is 4.79 Å². The summed E-state index contributed by atoms with van der Waals surface area (Å²) in [5.74, 6) is 1.51. The van der Waals surface area contributed by atoms with Crippen LogP contribution in [0.15, 0.2) is 29.1 Å². The zero-order chi connectivity index (χ0) is 16.5. The van der Waals surface area contributed by atoms with Gasteiger partial charge in [0.2, 0.25) is 5.91 Å². The average Bonchev–Trinajstić information content (AvgIpc) is 3.01. The second kappa shape index (κ2) is 6.69. The first kappa shape index (κ1) is 15.8. The highest BCUT2D eigenvalue weighted by Gasteiger charge is 2.44. The number of hydrogen-bond acceptors (Lipinski definition) is 4. The third kappa shape index (κ3) is 3.13. The quantitative estimate of drug-likeness (QED) is 0.905. The number of anilines is 1. The third-order valence-electron chi connectivity index (χ3n) is 5.37. The Bertz CT molecular complexity index is 688. The first-order valence-electron chi connectivity index (χ1n) is 8.85. The molecule has 2 aromatic rings. The van der Waals surface area contributed by atoms with Gasteiger partial charge < -0.3 is 10.2 Å². The lowest BCUT2D eigenvalue weighted by atomic mass is 10.1. The lowest BCUT2D eigenvalue weighted by molar-refractivity contribution is -0.117. The maximum Gasteiger partial charge on any atom is 0.229 e. The minimum Gasteiger partial charge on any atom is -0.311 e. The minimum atomic E-state index is 0.116. The summed E-state index contributed by atoms with van der Waals surface area (Å²) in [6.45, 7) is 5.54. The normalized spacial score (nSPS) is 24.9. The molecule has 1 aliphatic heterocycles. The Morgan fingerprint density at radius 1 is 1.38 bits per heavy atom. The molecule has 0 spiro atoms. The maximum atomic E-state index is 12.6. The molecule has 3 heterocycles. The van der Waals surface area contributed by atoms with E-state index in [0.717, 1.165) is 44.7 Å². The van der Waals surface area contributed by atoms with Crippen molar-refractivity contribution in [3.05, 3.63) is 34.7 Å². The molecule has 1 saturated heterocycles. The first-order valence-corrected chi connectivity index (χ1v) is 9.79. The topological polar surface area (TPSA) is 50.2 Å². The fraction of sp³-hybridized carbons (Fsp3) is 0.556. The van der Waals surface area contributed by atoms with Gasteiger partial charge in [-0.3, -0.25) is 4.79 Å². The molecule has 2 aromatic heterocycles. The Labute approximate surface area is 146 Å². The van der Waals surface area contributed by atoms with E-state index in [4.69, 9.17) is 0 Å². The predicted octanol–water partition coefficient (Wildman–Crippen LogP) is 3.34. The number of likely N-dealkylation sites (tertiary alicyclic amines) is 1. The predicted molar refractivity (Wildman–Crippen MR) is 96.4 cm³/mol. The van der Waals surface area contributed by atoms with Crippen molar-refractivity contribution in [2.24, 2.45) is 5.92 Å². The van der Waals surface area contributed by atoms with Gasteiger partial charge in [0.1, 0.15) is 5.82 Å². The number of amides is 1. The van der Waals surface area contributed by atoms with E-state index in [2.05, 4.69) is 39.1 Å². The molecular weight excluding hydrogens is 320 g/mol. The first-order chi connectivity index (χ1) is 11.8. The van der Waals surface area contributed by atoms with Gasteiger partial charge in [0.05, 0.1) is 12.2 Å². The molecule has 24 heavy (non-hydrogen) atoms. The van der Waals surface area contributed by atoms with Crippen molar-refractivity contribution in [2.45, 2.75) is 38.1 Å². The zero-order valence-corrected chi connectivity index (χ0v) is 14.8. The summed E-state index contributed by atoms with van der Waals surface area (Å²) in [6.07, 6.45) is 4.95. The molecule has 6 heteroatoms. The number of piperidine rings is 1. The van der Waals surface area contributed by atoms with E-state index in [1.165, 1.54) is 5.56 Å². The van der Waals surface area contributed by atoms with Crippen molar-refractivity contribution < 1.29 is 4.79 Å². The van der Waals surface area contributed by atoms with E-state index in [0.29, 0.717) is 12.0 Å². The van der Waals surface area contributed by atoms with Crippen molar-refractivity contribution in [2.75, 3.05) is 25.0 Å². The van der Waals surface area contributed by atoms with E-state index >= 15 is 0 Å². The number of nitrogens with zero attached hydrogens (tertiary/aromatic N) is 3. The van der Waals surface area contributed by atoms with Gasteiger partial charge >= 0.3 is 0 Å². The molecule has 2 fully saturated rings. The second-order valence-corrected chi connectivity index (χ2v) is 7.60. The largest absolute Gasteiger partial charge is 0.311 e. The van der Waals surface area contributed by atoms with Gasteiger partial charge in [-0.1, -0.05) is 6.92 Å². The van der Waals surface area contributed by atoms with Crippen molar-refractivity contribution in [1.29, 1.82) is 0 Å².